The molecule has 6 nitrogen and oxygen atoms in total. The van der Waals surface area contributed by atoms with E-state index < -0.39 is 0 Å². The van der Waals surface area contributed by atoms with Crippen molar-refractivity contribution in [2.75, 3.05) is 5.32 Å². The fraction of sp³-hybridized carbons (Fsp3) is 0. The van der Waals surface area contributed by atoms with E-state index in [0.717, 1.165) is 44.8 Å². The number of aromatic amines is 1. The van der Waals surface area contributed by atoms with Crippen molar-refractivity contribution in [2.24, 2.45) is 0 Å². The van der Waals surface area contributed by atoms with Crippen molar-refractivity contribution >= 4 is 33.3 Å². The van der Waals surface area contributed by atoms with Crippen LogP contribution in [0, 0.1) is 11.3 Å². The van der Waals surface area contributed by atoms with Crippen molar-refractivity contribution in [3.05, 3.63) is 84.8 Å². The Bertz CT molecular complexity index is 1350. The molecule has 0 saturated heterocycles. The summed E-state index contributed by atoms with van der Waals surface area (Å²) in [5, 5.41) is 13.8. The first kappa shape index (κ1) is 16.8. The molecule has 5 rings (SSSR count). The second-order valence-electron chi connectivity index (χ2n) is 6.51. The molecule has 2 heterocycles. The predicted molar refractivity (Wildman–Crippen MR) is 112 cm³/mol. The summed E-state index contributed by atoms with van der Waals surface area (Å²) in [6.45, 7) is 0. The van der Waals surface area contributed by atoms with E-state index in [1.807, 2.05) is 66.7 Å². The van der Waals surface area contributed by atoms with Gasteiger partial charge in [-0.25, -0.2) is 9.97 Å². The quantitative estimate of drug-likeness (QED) is 0.431. The molecule has 5 aromatic rings. The number of rotatable bonds is 4. The smallest absolute Gasteiger partial charge is 0.127 e. The molecule has 0 atom stereocenters. The number of nitrogens with one attached hydrogen (secondary N) is 2. The third-order valence-electron chi connectivity index (χ3n) is 4.64. The summed E-state index contributed by atoms with van der Waals surface area (Å²) in [6.07, 6.45) is 3.23. The molecular weight excluding hydrogens is 362 g/mol. The molecule has 138 valence electrons. The number of nitriles is 1. The van der Waals surface area contributed by atoms with Gasteiger partial charge in [0.15, 0.2) is 0 Å². The summed E-state index contributed by atoms with van der Waals surface area (Å²) in [6, 6.07) is 23.3. The molecule has 0 unspecified atom stereocenters. The first-order chi connectivity index (χ1) is 14.3. The van der Waals surface area contributed by atoms with Gasteiger partial charge in [0.05, 0.1) is 22.3 Å². The van der Waals surface area contributed by atoms with Crippen molar-refractivity contribution in [3.63, 3.8) is 0 Å². The monoisotopic (exact) mass is 377 g/mol. The van der Waals surface area contributed by atoms with Crippen molar-refractivity contribution in [1.29, 1.82) is 5.26 Å². The third-order valence-corrected chi connectivity index (χ3v) is 4.64. The highest BCUT2D eigenvalue weighted by Gasteiger charge is 2.11. The molecule has 0 aliphatic rings. The predicted octanol–water partition coefficient (Wildman–Crippen LogP) is 5.52. The molecule has 0 aliphatic carbocycles. The van der Waals surface area contributed by atoms with Crippen molar-refractivity contribution in [3.8, 4) is 17.6 Å². The second kappa shape index (κ2) is 6.98. The average molecular weight is 377 g/mol. The zero-order valence-corrected chi connectivity index (χ0v) is 15.3. The lowest BCUT2D eigenvalue weighted by atomic mass is 10.1. The summed E-state index contributed by atoms with van der Waals surface area (Å²) < 4.78 is 5.84. The molecule has 2 N–H and O–H groups in total. The maximum atomic E-state index is 9.58. The minimum atomic E-state index is 0.515. The number of hydrogen-bond acceptors (Lipinski definition) is 5. The van der Waals surface area contributed by atoms with Gasteiger partial charge in [-0.2, -0.15) is 5.26 Å². The van der Waals surface area contributed by atoms with Gasteiger partial charge in [0.25, 0.3) is 0 Å². The highest BCUT2D eigenvalue weighted by Crippen LogP contribution is 2.32. The third kappa shape index (κ3) is 3.22. The molecule has 0 saturated carbocycles. The van der Waals surface area contributed by atoms with E-state index in [-0.39, 0.29) is 0 Å². The molecule has 3 aromatic carbocycles. The number of nitrogens with zero attached hydrogens (tertiary/aromatic N) is 3. The minimum absolute atomic E-state index is 0.515. The number of aromatic nitrogens is 3. The van der Waals surface area contributed by atoms with Gasteiger partial charge in [-0.15, -0.1) is 0 Å². The first-order valence-electron chi connectivity index (χ1n) is 9.06. The van der Waals surface area contributed by atoms with Crippen LogP contribution in [-0.4, -0.2) is 15.0 Å². The highest BCUT2D eigenvalue weighted by molar-refractivity contribution is 6.02. The second-order valence-corrected chi connectivity index (χ2v) is 6.51. The van der Waals surface area contributed by atoms with Crippen LogP contribution in [0.1, 0.15) is 5.56 Å². The van der Waals surface area contributed by atoms with Gasteiger partial charge in [0, 0.05) is 22.8 Å². The fourth-order valence-corrected chi connectivity index (χ4v) is 3.23. The lowest BCUT2D eigenvalue weighted by Crippen LogP contribution is -1.97. The summed E-state index contributed by atoms with van der Waals surface area (Å²) in [4.78, 5) is 11.7. The zero-order valence-electron chi connectivity index (χ0n) is 15.3. The summed E-state index contributed by atoms with van der Waals surface area (Å²) in [5.41, 5.74) is 4.57. The van der Waals surface area contributed by atoms with E-state index in [2.05, 4.69) is 26.3 Å². The number of hydrogen-bond donors (Lipinski definition) is 2. The molecule has 0 spiro atoms. The number of H-pyrrole nitrogens is 1. The van der Waals surface area contributed by atoms with Crippen LogP contribution in [0.5, 0.6) is 11.5 Å². The van der Waals surface area contributed by atoms with Gasteiger partial charge < -0.3 is 15.0 Å². The van der Waals surface area contributed by atoms with Crippen LogP contribution in [-0.2, 0) is 0 Å². The van der Waals surface area contributed by atoms with Crippen LogP contribution >= 0.6 is 0 Å². The lowest BCUT2D eigenvalue weighted by Gasteiger charge is -2.13. The zero-order chi connectivity index (χ0) is 19.6. The van der Waals surface area contributed by atoms with Crippen molar-refractivity contribution < 1.29 is 4.74 Å². The Kier molecular flexibility index (Phi) is 4.04. The fourth-order valence-electron chi connectivity index (χ4n) is 3.23. The molecular formula is C23H15N5O. The van der Waals surface area contributed by atoms with Gasteiger partial charge in [0.2, 0.25) is 0 Å². The van der Waals surface area contributed by atoms with E-state index in [1.165, 1.54) is 6.33 Å². The topological polar surface area (TPSA) is 86.6 Å². The SMILES string of the molecule is N#Cc1c[nH]c2cc3ncnc3cc2c1Nc1ccc(Oc2ccccc2)cc1. The van der Waals surface area contributed by atoms with Crippen LogP contribution in [0.15, 0.2) is 79.3 Å². The summed E-state index contributed by atoms with van der Waals surface area (Å²) in [5.74, 6) is 1.52. The van der Waals surface area contributed by atoms with E-state index in [1.54, 1.807) is 6.20 Å². The van der Waals surface area contributed by atoms with Crippen LogP contribution in [0.3, 0.4) is 0 Å². The lowest BCUT2D eigenvalue weighted by molar-refractivity contribution is 0.483. The molecule has 0 fully saturated rings. The maximum Gasteiger partial charge on any atom is 0.127 e. The maximum absolute atomic E-state index is 9.58. The number of para-hydroxylation sites is 1. The Morgan fingerprint density at radius 1 is 0.897 bits per heavy atom. The van der Waals surface area contributed by atoms with Gasteiger partial charge in [-0.3, -0.25) is 0 Å². The Morgan fingerprint density at radius 2 is 1.62 bits per heavy atom. The number of ether oxygens (including phenoxy) is 1. The van der Waals surface area contributed by atoms with Crippen LogP contribution in [0.25, 0.3) is 21.9 Å². The Balaban J connectivity index is 1.50. The van der Waals surface area contributed by atoms with Gasteiger partial charge in [0.1, 0.15) is 23.9 Å². The summed E-state index contributed by atoms with van der Waals surface area (Å²) in [7, 11) is 0. The number of pyridine rings is 1. The summed E-state index contributed by atoms with van der Waals surface area (Å²) >= 11 is 0. The molecule has 0 bridgehead atoms. The highest BCUT2D eigenvalue weighted by atomic mass is 16.5. The van der Waals surface area contributed by atoms with E-state index in [4.69, 9.17) is 4.74 Å². The number of fused-ring (bicyclic) bond motifs is 2. The number of imidazole rings is 1. The van der Waals surface area contributed by atoms with Crippen LogP contribution < -0.4 is 10.1 Å². The van der Waals surface area contributed by atoms with Crippen LogP contribution in [0.4, 0.5) is 11.4 Å². The Hall–Kier alpha value is -4.37. The number of benzene rings is 3. The van der Waals surface area contributed by atoms with E-state index >= 15 is 0 Å². The van der Waals surface area contributed by atoms with E-state index in [9.17, 15) is 5.26 Å². The van der Waals surface area contributed by atoms with Crippen molar-refractivity contribution in [2.45, 2.75) is 0 Å². The molecule has 0 aliphatic heterocycles. The van der Waals surface area contributed by atoms with E-state index in [0.29, 0.717) is 5.56 Å². The van der Waals surface area contributed by atoms with Gasteiger partial charge in [-0.05, 0) is 48.5 Å². The average Bonchev–Trinajstić information content (AvgIpc) is 3.22. The normalized spacial score (nSPS) is 10.7. The van der Waals surface area contributed by atoms with Gasteiger partial charge in [-0.1, -0.05) is 18.2 Å². The Labute approximate surface area is 166 Å². The largest absolute Gasteiger partial charge is 0.457 e. The standard InChI is InChI=1S/C23H15N5O/c24-12-15-13-25-20-11-22-21(26-14-27-22)10-19(20)23(15)28-16-6-8-18(9-7-16)29-17-4-2-1-3-5-17/h1-11,13-14,25,28H. The first-order valence-corrected chi connectivity index (χ1v) is 9.06. The van der Waals surface area contributed by atoms with Crippen molar-refractivity contribution in [1.82, 2.24) is 15.0 Å². The van der Waals surface area contributed by atoms with Crippen LogP contribution in [0.2, 0.25) is 0 Å². The Morgan fingerprint density at radius 3 is 2.38 bits per heavy atom. The molecule has 0 amide bonds. The molecule has 29 heavy (non-hydrogen) atoms. The number of anilines is 2. The molecule has 6 heteroatoms. The molecule has 0 radical (unpaired) electrons. The van der Waals surface area contributed by atoms with Gasteiger partial charge >= 0.3 is 0 Å². The molecule has 2 aromatic heterocycles. The minimum Gasteiger partial charge on any atom is -0.457 e.